The largest absolute Gasteiger partial charge is 0.343 e. The van der Waals surface area contributed by atoms with Crippen LogP contribution in [-0.2, 0) is 0 Å². The molecule has 0 fully saturated rings. The van der Waals surface area contributed by atoms with Crippen molar-refractivity contribution in [3.05, 3.63) is 127 Å². The van der Waals surface area contributed by atoms with Crippen molar-refractivity contribution in [1.82, 2.24) is 4.57 Å². The van der Waals surface area contributed by atoms with E-state index in [4.69, 9.17) is 0 Å². The van der Waals surface area contributed by atoms with Crippen molar-refractivity contribution in [2.45, 2.75) is 0 Å². The summed E-state index contributed by atoms with van der Waals surface area (Å²) in [5.74, 6) is 0. The molecule has 0 amide bonds. The van der Waals surface area contributed by atoms with Gasteiger partial charge in [-0.05, 0) is 47.5 Å². The van der Waals surface area contributed by atoms with Gasteiger partial charge in [0.1, 0.15) is 0 Å². The molecule has 0 bridgehead atoms. The summed E-state index contributed by atoms with van der Waals surface area (Å²) in [7, 11) is 2.15. The van der Waals surface area contributed by atoms with Gasteiger partial charge < -0.3 is 9.47 Å². The first-order valence-electron chi connectivity index (χ1n) is 11.3. The summed E-state index contributed by atoms with van der Waals surface area (Å²) in [4.78, 5) is 2.28. The van der Waals surface area contributed by atoms with Gasteiger partial charge in [0.2, 0.25) is 0 Å². The fraction of sp³-hybridized carbons (Fsp3) is 0.0323. The lowest BCUT2D eigenvalue weighted by atomic mass is 10.1. The second-order valence-electron chi connectivity index (χ2n) is 8.34. The van der Waals surface area contributed by atoms with Gasteiger partial charge in [0.05, 0.1) is 16.7 Å². The molecule has 158 valence electrons. The fourth-order valence-electron chi connectivity index (χ4n) is 4.79. The summed E-state index contributed by atoms with van der Waals surface area (Å²) in [6, 6.07) is 45.3. The average molecular weight is 425 g/mol. The summed E-state index contributed by atoms with van der Waals surface area (Å²) in [6.45, 7) is 0. The van der Waals surface area contributed by atoms with Crippen molar-refractivity contribution in [1.29, 1.82) is 0 Å². The highest BCUT2D eigenvalue weighted by Crippen LogP contribution is 2.39. The van der Waals surface area contributed by atoms with Gasteiger partial charge in [-0.25, -0.2) is 0 Å². The van der Waals surface area contributed by atoms with Crippen molar-refractivity contribution in [3.8, 4) is 16.8 Å². The molecule has 0 aliphatic rings. The summed E-state index contributed by atoms with van der Waals surface area (Å²) in [5.41, 5.74) is 8.38. The molecule has 0 spiro atoms. The van der Waals surface area contributed by atoms with Crippen LogP contribution < -0.4 is 4.90 Å². The van der Waals surface area contributed by atoms with Gasteiger partial charge in [-0.15, -0.1) is 0 Å². The Morgan fingerprint density at radius 2 is 1.18 bits per heavy atom. The van der Waals surface area contributed by atoms with Gasteiger partial charge in [0.25, 0.3) is 0 Å². The first kappa shape index (κ1) is 19.4. The van der Waals surface area contributed by atoms with E-state index in [1.807, 2.05) is 0 Å². The lowest BCUT2D eigenvalue weighted by Gasteiger charge is -2.22. The Morgan fingerprint density at radius 1 is 0.545 bits per heavy atom. The van der Waals surface area contributed by atoms with Gasteiger partial charge in [0.15, 0.2) is 0 Å². The Balaban J connectivity index is 1.65. The van der Waals surface area contributed by atoms with Gasteiger partial charge in [0, 0.05) is 29.2 Å². The maximum atomic E-state index is 2.41. The molecular formula is C31H24N2. The minimum absolute atomic E-state index is 1.16. The van der Waals surface area contributed by atoms with Crippen LogP contribution in [0.5, 0.6) is 0 Å². The molecule has 6 rings (SSSR count). The van der Waals surface area contributed by atoms with E-state index in [0.717, 1.165) is 5.69 Å². The number of hydrogen-bond acceptors (Lipinski definition) is 1. The van der Waals surface area contributed by atoms with Gasteiger partial charge >= 0.3 is 0 Å². The van der Waals surface area contributed by atoms with Crippen molar-refractivity contribution in [2.24, 2.45) is 0 Å². The van der Waals surface area contributed by atoms with Crippen LogP contribution in [0.15, 0.2) is 127 Å². The molecular weight excluding hydrogens is 400 g/mol. The number of rotatable bonds is 4. The Kier molecular flexibility index (Phi) is 4.70. The van der Waals surface area contributed by atoms with E-state index in [1.54, 1.807) is 0 Å². The highest BCUT2D eigenvalue weighted by molar-refractivity contribution is 6.13. The Labute approximate surface area is 194 Å². The van der Waals surface area contributed by atoms with Crippen LogP contribution in [0, 0.1) is 0 Å². The monoisotopic (exact) mass is 424 g/mol. The molecule has 0 N–H and O–H groups in total. The third-order valence-electron chi connectivity index (χ3n) is 6.39. The number of fused-ring (bicyclic) bond motifs is 3. The minimum atomic E-state index is 1.16. The van der Waals surface area contributed by atoms with E-state index >= 15 is 0 Å². The molecule has 0 unspecified atom stereocenters. The average Bonchev–Trinajstić information content (AvgIpc) is 3.24. The molecule has 2 heteroatoms. The molecule has 0 aliphatic heterocycles. The number of nitrogens with zero attached hydrogens (tertiary/aromatic N) is 2. The summed E-state index contributed by atoms with van der Waals surface area (Å²) in [6.07, 6.45) is 0. The number of aromatic nitrogens is 1. The Hall–Kier alpha value is -4.30. The highest BCUT2D eigenvalue weighted by Gasteiger charge is 2.18. The van der Waals surface area contributed by atoms with Crippen LogP contribution in [0.2, 0.25) is 0 Å². The zero-order chi connectivity index (χ0) is 22.2. The van der Waals surface area contributed by atoms with Gasteiger partial charge in [-0.3, -0.25) is 0 Å². The van der Waals surface area contributed by atoms with Crippen LogP contribution in [0.3, 0.4) is 0 Å². The lowest BCUT2D eigenvalue weighted by molar-refractivity contribution is 1.15. The van der Waals surface area contributed by atoms with Crippen molar-refractivity contribution in [3.63, 3.8) is 0 Å². The van der Waals surface area contributed by atoms with Crippen LogP contribution >= 0.6 is 0 Å². The molecule has 33 heavy (non-hydrogen) atoms. The highest BCUT2D eigenvalue weighted by atomic mass is 15.1. The Morgan fingerprint density at radius 3 is 2.00 bits per heavy atom. The fourth-order valence-corrected chi connectivity index (χ4v) is 4.79. The third-order valence-corrected chi connectivity index (χ3v) is 6.39. The zero-order valence-corrected chi connectivity index (χ0v) is 18.5. The topological polar surface area (TPSA) is 8.17 Å². The lowest BCUT2D eigenvalue weighted by Crippen LogP contribution is -2.11. The van der Waals surface area contributed by atoms with E-state index in [0.29, 0.717) is 0 Å². The number of anilines is 2. The number of para-hydroxylation sites is 3. The van der Waals surface area contributed by atoms with Crippen LogP contribution in [0.1, 0.15) is 0 Å². The van der Waals surface area contributed by atoms with Gasteiger partial charge in [-0.2, -0.15) is 0 Å². The molecule has 0 saturated carbocycles. The molecule has 1 heterocycles. The first-order chi connectivity index (χ1) is 16.3. The zero-order valence-electron chi connectivity index (χ0n) is 18.5. The SMILES string of the molecule is CN(c1ccccc1)c1cccc2c3ccccc3n(-c3cccc(-c4ccccc4)c3)c12. The van der Waals surface area contributed by atoms with E-state index in [1.165, 1.54) is 44.3 Å². The smallest absolute Gasteiger partial charge is 0.0778 e. The van der Waals surface area contributed by atoms with Crippen LogP contribution in [0.4, 0.5) is 11.4 Å². The van der Waals surface area contributed by atoms with E-state index in [9.17, 15) is 0 Å². The maximum absolute atomic E-state index is 2.41. The molecule has 1 aromatic heterocycles. The molecule has 5 aromatic carbocycles. The molecule has 0 saturated heterocycles. The predicted octanol–water partition coefficient (Wildman–Crippen LogP) is 8.22. The van der Waals surface area contributed by atoms with Crippen molar-refractivity contribution >= 4 is 33.2 Å². The standard InChI is InChI=1S/C31H24N2/c1-32(25-15-6-3-7-16-25)30-21-11-19-28-27-18-8-9-20-29(27)33(31(28)30)26-17-10-14-24(22-26)23-12-4-2-5-13-23/h2-22H,1H3. The van der Waals surface area contributed by atoms with Crippen molar-refractivity contribution < 1.29 is 0 Å². The normalized spacial score (nSPS) is 11.2. The molecule has 0 radical (unpaired) electrons. The summed E-state index contributed by atoms with van der Waals surface area (Å²) >= 11 is 0. The first-order valence-corrected chi connectivity index (χ1v) is 11.3. The van der Waals surface area contributed by atoms with Crippen LogP contribution in [0.25, 0.3) is 38.6 Å². The van der Waals surface area contributed by atoms with E-state index in [2.05, 4.69) is 144 Å². The van der Waals surface area contributed by atoms with E-state index < -0.39 is 0 Å². The maximum Gasteiger partial charge on any atom is 0.0778 e. The van der Waals surface area contributed by atoms with Crippen LogP contribution in [-0.4, -0.2) is 11.6 Å². The molecule has 2 nitrogen and oxygen atoms in total. The predicted molar refractivity (Wildman–Crippen MR) is 141 cm³/mol. The summed E-state index contributed by atoms with van der Waals surface area (Å²) in [5, 5.41) is 2.52. The number of benzene rings is 5. The summed E-state index contributed by atoms with van der Waals surface area (Å²) < 4.78 is 2.41. The van der Waals surface area contributed by atoms with E-state index in [-0.39, 0.29) is 0 Å². The second kappa shape index (κ2) is 7.99. The number of hydrogen-bond donors (Lipinski definition) is 0. The molecule has 6 aromatic rings. The molecule has 0 aliphatic carbocycles. The second-order valence-corrected chi connectivity index (χ2v) is 8.34. The quantitative estimate of drug-likeness (QED) is 0.277. The van der Waals surface area contributed by atoms with Crippen molar-refractivity contribution in [2.75, 3.05) is 11.9 Å². The molecule has 0 atom stereocenters. The Bertz CT molecular complexity index is 1560. The van der Waals surface area contributed by atoms with Gasteiger partial charge in [-0.1, -0.05) is 91.0 Å². The third kappa shape index (κ3) is 3.28. The minimum Gasteiger partial charge on any atom is -0.343 e.